The van der Waals surface area contributed by atoms with Gasteiger partial charge in [-0.3, -0.25) is 0 Å². The van der Waals surface area contributed by atoms with E-state index in [1.807, 2.05) is 7.11 Å². The van der Waals surface area contributed by atoms with Gasteiger partial charge < -0.3 is 15.0 Å². The summed E-state index contributed by atoms with van der Waals surface area (Å²) in [4.78, 5) is 2.66. The molecule has 0 bridgehead atoms. The number of halogens is 1. The summed E-state index contributed by atoms with van der Waals surface area (Å²) in [6.07, 6.45) is 5.67. The number of hydrogen-bond acceptors (Lipinski definition) is 3. The maximum Gasteiger partial charge on any atom is 0.0598 e. The zero-order valence-corrected chi connectivity index (χ0v) is 12.0. The SMILES string of the molecule is COC1CCN(CC2CCCNC2)C(C)C1.Cl. The van der Waals surface area contributed by atoms with E-state index in [-0.39, 0.29) is 12.4 Å². The molecule has 2 saturated heterocycles. The summed E-state index contributed by atoms with van der Waals surface area (Å²) in [6, 6.07) is 0.695. The second kappa shape index (κ2) is 7.57. The largest absolute Gasteiger partial charge is 0.381 e. The van der Waals surface area contributed by atoms with Gasteiger partial charge in [0.15, 0.2) is 0 Å². The van der Waals surface area contributed by atoms with Crippen LogP contribution in [0.25, 0.3) is 0 Å². The number of nitrogens with zero attached hydrogens (tertiary/aromatic N) is 1. The van der Waals surface area contributed by atoms with Crippen molar-refractivity contribution in [3.05, 3.63) is 0 Å². The van der Waals surface area contributed by atoms with Crippen LogP contribution >= 0.6 is 12.4 Å². The van der Waals surface area contributed by atoms with E-state index in [1.54, 1.807) is 0 Å². The lowest BCUT2D eigenvalue weighted by Gasteiger charge is -2.39. The van der Waals surface area contributed by atoms with Crippen molar-refractivity contribution in [3.63, 3.8) is 0 Å². The summed E-state index contributed by atoms with van der Waals surface area (Å²) in [7, 11) is 1.85. The van der Waals surface area contributed by atoms with E-state index < -0.39 is 0 Å². The highest BCUT2D eigenvalue weighted by molar-refractivity contribution is 5.85. The smallest absolute Gasteiger partial charge is 0.0598 e. The molecule has 0 saturated carbocycles. The van der Waals surface area contributed by atoms with Crippen LogP contribution in [0.2, 0.25) is 0 Å². The first-order valence-corrected chi connectivity index (χ1v) is 6.77. The molecule has 3 atom stereocenters. The number of piperidine rings is 2. The number of nitrogens with one attached hydrogen (secondary N) is 1. The first kappa shape index (κ1) is 15.2. The lowest BCUT2D eigenvalue weighted by Crippen LogP contribution is -2.47. The van der Waals surface area contributed by atoms with Gasteiger partial charge in [0.05, 0.1) is 6.10 Å². The van der Waals surface area contributed by atoms with Gasteiger partial charge in [0, 0.05) is 26.2 Å². The molecule has 3 nitrogen and oxygen atoms in total. The maximum atomic E-state index is 5.46. The monoisotopic (exact) mass is 262 g/mol. The number of ether oxygens (including phenoxy) is 1. The molecule has 0 radical (unpaired) electrons. The summed E-state index contributed by atoms with van der Waals surface area (Å²) >= 11 is 0. The Morgan fingerprint density at radius 2 is 2.18 bits per heavy atom. The summed E-state index contributed by atoms with van der Waals surface area (Å²) in [5.41, 5.74) is 0. The number of hydrogen-bond donors (Lipinski definition) is 1. The van der Waals surface area contributed by atoms with Crippen molar-refractivity contribution in [2.24, 2.45) is 5.92 Å². The number of rotatable bonds is 3. The highest BCUT2D eigenvalue weighted by Gasteiger charge is 2.27. The van der Waals surface area contributed by atoms with Crippen molar-refractivity contribution in [1.82, 2.24) is 10.2 Å². The second-order valence-corrected chi connectivity index (χ2v) is 5.44. The van der Waals surface area contributed by atoms with E-state index >= 15 is 0 Å². The fraction of sp³-hybridized carbons (Fsp3) is 1.00. The van der Waals surface area contributed by atoms with Gasteiger partial charge >= 0.3 is 0 Å². The third kappa shape index (κ3) is 4.40. The highest BCUT2D eigenvalue weighted by Crippen LogP contribution is 2.22. The van der Waals surface area contributed by atoms with Crippen molar-refractivity contribution >= 4 is 12.4 Å². The van der Waals surface area contributed by atoms with Gasteiger partial charge in [-0.2, -0.15) is 0 Å². The molecule has 0 aromatic heterocycles. The van der Waals surface area contributed by atoms with Gasteiger partial charge in [-0.1, -0.05) is 0 Å². The van der Waals surface area contributed by atoms with Crippen molar-refractivity contribution in [2.45, 2.75) is 44.8 Å². The Kier molecular flexibility index (Phi) is 6.78. The van der Waals surface area contributed by atoms with Crippen molar-refractivity contribution in [1.29, 1.82) is 0 Å². The molecule has 0 aliphatic carbocycles. The number of methoxy groups -OCH3 is 1. The fourth-order valence-corrected chi connectivity index (χ4v) is 3.07. The predicted octanol–water partition coefficient (Wildman–Crippen LogP) is 1.91. The molecular formula is C13H27ClN2O. The van der Waals surface area contributed by atoms with E-state index in [9.17, 15) is 0 Å². The molecule has 0 spiro atoms. The van der Waals surface area contributed by atoms with Gasteiger partial charge in [-0.15, -0.1) is 12.4 Å². The van der Waals surface area contributed by atoms with Gasteiger partial charge in [0.25, 0.3) is 0 Å². The maximum absolute atomic E-state index is 5.46. The molecule has 0 aromatic carbocycles. The van der Waals surface area contributed by atoms with Gasteiger partial charge in [-0.25, -0.2) is 0 Å². The molecule has 2 fully saturated rings. The standard InChI is InChI=1S/C13H26N2O.ClH/c1-11-8-13(16-2)5-7-15(11)10-12-4-3-6-14-9-12;/h11-14H,3-10H2,1-2H3;1H. The minimum Gasteiger partial charge on any atom is -0.381 e. The molecule has 17 heavy (non-hydrogen) atoms. The zero-order chi connectivity index (χ0) is 11.4. The summed E-state index contributed by atoms with van der Waals surface area (Å²) in [5.74, 6) is 0.871. The fourth-order valence-electron chi connectivity index (χ4n) is 3.07. The van der Waals surface area contributed by atoms with Crippen LogP contribution in [-0.2, 0) is 4.74 Å². The molecule has 4 heteroatoms. The Labute approximate surface area is 112 Å². The van der Waals surface area contributed by atoms with Gasteiger partial charge in [0.1, 0.15) is 0 Å². The molecule has 0 aromatic rings. The van der Waals surface area contributed by atoms with Crippen LogP contribution in [0.15, 0.2) is 0 Å². The first-order valence-electron chi connectivity index (χ1n) is 6.77. The molecule has 1 N–H and O–H groups in total. The van der Waals surface area contributed by atoms with Crippen LogP contribution in [0.5, 0.6) is 0 Å². The Balaban J connectivity index is 0.00000144. The van der Waals surface area contributed by atoms with Crippen LogP contribution in [0.1, 0.15) is 32.6 Å². The lowest BCUT2D eigenvalue weighted by molar-refractivity contribution is 0.00920. The molecule has 2 aliphatic heterocycles. The van der Waals surface area contributed by atoms with Crippen LogP contribution in [-0.4, -0.2) is 50.3 Å². The third-order valence-corrected chi connectivity index (χ3v) is 4.19. The van der Waals surface area contributed by atoms with E-state index in [4.69, 9.17) is 4.74 Å². The third-order valence-electron chi connectivity index (χ3n) is 4.19. The molecule has 3 unspecified atom stereocenters. The summed E-state index contributed by atoms with van der Waals surface area (Å²) < 4.78 is 5.46. The van der Waals surface area contributed by atoms with E-state index in [2.05, 4.69) is 17.1 Å². The Hall–Kier alpha value is 0.170. The second-order valence-electron chi connectivity index (χ2n) is 5.44. The molecule has 2 heterocycles. The van der Waals surface area contributed by atoms with E-state index in [0.29, 0.717) is 12.1 Å². The van der Waals surface area contributed by atoms with Gasteiger partial charge in [0.2, 0.25) is 0 Å². The predicted molar refractivity (Wildman–Crippen MR) is 73.9 cm³/mol. The van der Waals surface area contributed by atoms with Crippen LogP contribution in [0, 0.1) is 5.92 Å². The minimum atomic E-state index is 0. The molecule has 102 valence electrons. The van der Waals surface area contributed by atoms with Crippen molar-refractivity contribution < 1.29 is 4.74 Å². The molecule has 0 amide bonds. The van der Waals surface area contributed by atoms with Crippen molar-refractivity contribution in [2.75, 3.05) is 33.3 Å². The Morgan fingerprint density at radius 3 is 2.76 bits per heavy atom. The topological polar surface area (TPSA) is 24.5 Å². The lowest BCUT2D eigenvalue weighted by atomic mass is 9.95. The number of likely N-dealkylation sites (tertiary alicyclic amines) is 1. The summed E-state index contributed by atoms with van der Waals surface area (Å²) in [6.45, 7) is 7.29. The average Bonchev–Trinajstić information content (AvgIpc) is 2.33. The normalized spacial score (nSPS) is 35.3. The quantitative estimate of drug-likeness (QED) is 0.841. The highest BCUT2D eigenvalue weighted by atomic mass is 35.5. The first-order chi connectivity index (χ1) is 7.79. The summed E-state index contributed by atoms with van der Waals surface area (Å²) in [5, 5.41) is 3.51. The van der Waals surface area contributed by atoms with E-state index in [0.717, 1.165) is 5.92 Å². The molecule has 2 rings (SSSR count). The molecule has 2 aliphatic rings. The van der Waals surface area contributed by atoms with Gasteiger partial charge in [-0.05, 0) is 51.6 Å². The van der Waals surface area contributed by atoms with Crippen molar-refractivity contribution in [3.8, 4) is 0 Å². The van der Waals surface area contributed by atoms with E-state index in [1.165, 1.54) is 51.9 Å². The minimum absolute atomic E-state index is 0. The zero-order valence-electron chi connectivity index (χ0n) is 11.2. The Bertz CT molecular complexity index is 210. The van der Waals surface area contributed by atoms with Crippen LogP contribution < -0.4 is 5.32 Å². The molecular weight excluding hydrogens is 236 g/mol. The Morgan fingerprint density at radius 1 is 1.35 bits per heavy atom. The van der Waals surface area contributed by atoms with Crippen LogP contribution in [0.4, 0.5) is 0 Å². The van der Waals surface area contributed by atoms with Crippen LogP contribution in [0.3, 0.4) is 0 Å². The average molecular weight is 263 g/mol.